The number of hydrogen-bond donors (Lipinski definition) is 2. The molecule has 2 heterocycles. The van der Waals surface area contributed by atoms with E-state index in [2.05, 4.69) is 49.3 Å². The highest BCUT2D eigenvalue weighted by Gasteiger charge is 2.30. The van der Waals surface area contributed by atoms with Gasteiger partial charge in [-0.25, -0.2) is 9.48 Å². The minimum Gasteiger partial charge on any atom is -0.342 e. The molecule has 1 aliphatic carbocycles. The summed E-state index contributed by atoms with van der Waals surface area (Å²) >= 11 is 0. The number of nitrogens with one attached hydrogen (secondary N) is 2. The third-order valence-corrected chi connectivity index (χ3v) is 8.40. The number of aromatic nitrogens is 2. The molecule has 0 radical (unpaired) electrons. The van der Waals surface area contributed by atoms with E-state index in [-0.39, 0.29) is 17.4 Å². The van der Waals surface area contributed by atoms with Crippen LogP contribution in [0.25, 0.3) is 5.69 Å². The lowest BCUT2D eigenvalue weighted by Crippen LogP contribution is -2.41. The van der Waals surface area contributed by atoms with E-state index in [0.717, 1.165) is 67.8 Å². The Bertz CT molecular complexity index is 1320. The first-order valence-electron chi connectivity index (χ1n) is 14.8. The number of amides is 3. The summed E-state index contributed by atoms with van der Waals surface area (Å²) in [6.45, 7) is 10.1. The van der Waals surface area contributed by atoms with Crippen molar-refractivity contribution >= 4 is 23.4 Å². The quantitative estimate of drug-likeness (QED) is 0.350. The highest BCUT2D eigenvalue weighted by molar-refractivity contribution is 6.00. The molecule has 0 atom stereocenters. The molecule has 5 rings (SSSR count). The Morgan fingerprint density at radius 1 is 0.925 bits per heavy atom. The SMILES string of the molecule is Cc1ccc(-n2nc(C(C)(C)C)cc2NC(=O)Nc2ccccc2CC2CCN(C(=O)C3CCCC3)CC2)cc1. The Labute approximate surface area is 238 Å². The summed E-state index contributed by atoms with van der Waals surface area (Å²) in [5.41, 5.74) is 4.76. The van der Waals surface area contributed by atoms with E-state index < -0.39 is 0 Å². The third kappa shape index (κ3) is 6.57. The topological polar surface area (TPSA) is 79.3 Å². The molecule has 1 aromatic heterocycles. The number of benzene rings is 2. The summed E-state index contributed by atoms with van der Waals surface area (Å²) < 4.78 is 1.80. The van der Waals surface area contributed by atoms with Gasteiger partial charge in [-0.1, -0.05) is 69.5 Å². The predicted octanol–water partition coefficient (Wildman–Crippen LogP) is 7.09. The van der Waals surface area contributed by atoms with Gasteiger partial charge >= 0.3 is 6.03 Å². The average Bonchev–Trinajstić information content (AvgIpc) is 3.61. The van der Waals surface area contributed by atoms with E-state index in [4.69, 9.17) is 5.10 Å². The number of anilines is 2. The molecule has 2 fully saturated rings. The number of urea groups is 1. The molecular formula is C33H43N5O2. The normalized spacial score (nSPS) is 16.8. The molecule has 0 spiro atoms. The summed E-state index contributed by atoms with van der Waals surface area (Å²) in [7, 11) is 0. The molecule has 1 saturated heterocycles. The van der Waals surface area contributed by atoms with Gasteiger partial charge in [-0.2, -0.15) is 5.10 Å². The van der Waals surface area contributed by atoms with Crippen molar-refractivity contribution in [3.8, 4) is 5.69 Å². The molecule has 3 amide bonds. The Morgan fingerprint density at radius 3 is 2.27 bits per heavy atom. The lowest BCUT2D eigenvalue weighted by Gasteiger charge is -2.34. The Morgan fingerprint density at radius 2 is 1.60 bits per heavy atom. The molecule has 1 aliphatic heterocycles. The van der Waals surface area contributed by atoms with Gasteiger partial charge in [0.2, 0.25) is 5.91 Å². The summed E-state index contributed by atoms with van der Waals surface area (Å²) in [6.07, 6.45) is 7.39. The zero-order chi connectivity index (χ0) is 28.3. The maximum Gasteiger partial charge on any atom is 0.324 e. The number of piperidine rings is 1. The lowest BCUT2D eigenvalue weighted by molar-refractivity contribution is -0.136. The largest absolute Gasteiger partial charge is 0.342 e. The van der Waals surface area contributed by atoms with E-state index in [9.17, 15) is 9.59 Å². The van der Waals surface area contributed by atoms with Gasteiger partial charge < -0.3 is 10.2 Å². The van der Waals surface area contributed by atoms with E-state index in [1.165, 1.54) is 18.4 Å². The van der Waals surface area contributed by atoms with Gasteiger partial charge in [-0.05, 0) is 68.7 Å². The smallest absolute Gasteiger partial charge is 0.324 e. The number of aryl methyl sites for hydroxylation is 1. The van der Waals surface area contributed by atoms with Gasteiger partial charge in [0.05, 0.1) is 11.4 Å². The standard InChI is InChI=1S/C33H43N5O2/c1-23-13-15-27(16-14-23)38-30(22-29(36-38)33(2,3)4)35-32(40)34-28-12-8-7-11-26(28)21-24-17-19-37(20-18-24)31(39)25-9-5-6-10-25/h7-8,11-16,22,24-25H,5-6,9-10,17-21H2,1-4H3,(H2,34,35,40). The fraction of sp³-hybridized carbons (Fsp3) is 0.485. The van der Waals surface area contributed by atoms with Gasteiger partial charge in [0.15, 0.2) is 0 Å². The van der Waals surface area contributed by atoms with Gasteiger partial charge in [0, 0.05) is 36.2 Å². The van der Waals surface area contributed by atoms with Crippen molar-refractivity contribution in [1.82, 2.24) is 14.7 Å². The van der Waals surface area contributed by atoms with Gasteiger partial charge in [0.1, 0.15) is 5.82 Å². The van der Waals surface area contributed by atoms with E-state index in [1.807, 2.05) is 48.5 Å². The molecule has 212 valence electrons. The maximum absolute atomic E-state index is 13.3. The summed E-state index contributed by atoms with van der Waals surface area (Å²) in [5.74, 6) is 1.75. The number of carbonyl (C=O) groups excluding carboxylic acids is 2. The van der Waals surface area contributed by atoms with Crippen LogP contribution < -0.4 is 10.6 Å². The lowest BCUT2D eigenvalue weighted by atomic mass is 9.89. The molecule has 2 N–H and O–H groups in total. The van der Waals surface area contributed by atoms with Crippen molar-refractivity contribution in [2.75, 3.05) is 23.7 Å². The first-order chi connectivity index (χ1) is 19.2. The number of likely N-dealkylation sites (tertiary alicyclic amines) is 1. The first kappa shape index (κ1) is 27.9. The molecule has 2 aromatic carbocycles. The number of hydrogen-bond acceptors (Lipinski definition) is 3. The van der Waals surface area contributed by atoms with Crippen LogP contribution in [0.4, 0.5) is 16.3 Å². The van der Waals surface area contributed by atoms with Crippen molar-refractivity contribution in [2.45, 2.75) is 78.1 Å². The zero-order valence-electron chi connectivity index (χ0n) is 24.4. The van der Waals surface area contributed by atoms with Crippen LogP contribution in [0.3, 0.4) is 0 Å². The van der Waals surface area contributed by atoms with Crippen molar-refractivity contribution in [3.05, 3.63) is 71.4 Å². The second-order valence-corrected chi connectivity index (χ2v) is 12.6. The Balaban J connectivity index is 1.24. The number of carbonyl (C=O) groups is 2. The molecule has 2 aliphatic rings. The molecule has 7 heteroatoms. The molecule has 40 heavy (non-hydrogen) atoms. The molecular weight excluding hydrogens is 498 g/mol. The van der Waals surface area contributed by atoms with Crippen LogP contribution in [0, 0.1) is 18.8 Å². The van der Waals surface area contributed by atoms with E-state index in [0.29, 0.717) is 17.6 Å². The van der Waals surface area contributed by atoms with E-state index >= 15 is 0 Å². The van der Waals surface area contributed by atoms with Crippen LogP contribution >= 0.6 is 0 Å². The Hall–Kier alpha value is -3.61. The molecule has 0 bridgehead atoms. The van der Waals surface area contributed by atoms with Crippen LogP contribution in [-0.2, 0) is 16.6 Å². The first-order valence-corrected chi connectivity index (χ1v) is 14.8. The van der Waals surface area contributed by atoms with Crippen LogP contribution in [0.5, 0.6) is 0 Å². The minimum absolute atomic E-state index is 0.160. The second-order valence-electron chi connectivity index (χ2n) is 12.6. The fourth-order valence-corrected chi connectivity index (χ4v) is 5.91. The number of rotatable bonds is 6. The third-order valence-electron chi connectivity index (χ3n) is 8.40. The van der Waals surface area contributed by atoms with Crippen LogP contribution in [-0.4, -0.2) is 39.7 Å². The van der Waals surface area contributed by atoms with Crippen molar-refractivity contribution in [2.24, 2.45) is 11.8 Å². The highest BCUT2D eigenvalue weighted by atomic mass is 16.2. The number of nitrogens with zero attached hydrogens (tertiary/aromatic N) is 3. The number of para-hydroxylation sites is 1. The molecule has 1 saturated carbocycles. The van der Waals surface area contributed by atoms with Crippen molar-refractivity contribution < 1.29 is 9.59 Å². The van der Waals surface area contributed by atoms with Gasteiger partial charge in [-0.15, -0.1) is 0 Å². The van der Waals surface area contributed by atoms with Crippen LogP contribution in [0.15, 0.2) is 54.6 Å². The maximum atomic E-state index is 13.3. The highest BCUT2D eigenvalue weighted by Crippen LogP contribution is 2.31. The second kappa shape index (κ2) is 11.9. The van der Waals surface area contributed by atoms with E-state index in [1.54, 1.807) is 4.68 Å². The zero-order valence-corrected chi connectivity index (χ0v) is 24.4. The van der Waals surface area contributed by atoms with Crippen LogP contribution in [0.2, 0.25) is 0 Å². The molecule has 3 aromatic rings. The summed E-state index contributed by atoms with van der Waals surface area (Å²) in [6, 6.07) is 17.8. The molecule has 7 nitrogen and oxygen atoms in total. The Kier molecular flexibility index (Phi) is 8.29. The van der Waals surface area contributed by atoms with Gasteiger partial charge in [0.25, 0.3) is 0 Å². The van der Waals surface area contributed by atoms with Gasteiger partial charge in [-0.3, -0.25) is 10.1 Å². The summed E-state index contributed by atoms with van der Waals surface area (Å²) in [5, 5.41) is 11.0. The summed E-state index contributed by atoms with van der Waals surface area (Å²) in [4.78, 5) is 28.2. The average molecular weight is 542 g/mol. The fourth-order valence-electron chi connectivity index (χ4n) is 5.91. The monoisotopic (exact) mass is 541 g/mol. The van der Waals surface area contributed by atoms with Crippen LogP contribution in [0.1, 0.15) is 76.1 Å². The van der Waals surface area contributed by atoms with Crippen molar-refractivity contribution in [3.63, 3.8) is 0 Å². The minimum atomic E-state index is -0.293. The molecule has 0 unspecified atom stereocenters. The predicted molar refractivity (Wildman–Crippen MR) is 161 cm³/mol. The van der Waals surface area contributed by atoms with Crippen molar-refractivity contribution in [1.29, 1.82) is 0 Å².